The van der Waals surface area contributed by atoms with Gasteiger partial charge in [-0.05, 0) is 54.2 Å². The lowest BCUT2D eigenvalue weighted by Gasteiger charge is -2.14. The Hall–Kier alpha value is -3.63. The van der Waals surface area contributed by atoms with Crippen LogP contribution in [0.3, 0.4) is 0 Å². The van der Waals surface area contributed by atoms with Crippen molar-refractivity contribution in [2.75, 3.05) is 12.5 Å². The zero-order valence-electron chi connectivity index (χ0n) is 16.4. The summed E-state index contributed by atoms with van der Waals surface area (Å²) in [6.07, 6.45) is -1.46. The second-order valence-corrected chi connectivity index (χ2v) is 6.61. The molecule has 1 N–H and O–H groups in total. The van der Waals surface area contributed by atoms with Gasteiger partial charge in [0.25, 0.3) is 5.91 Å². The quantitative estimate of drug-likeness (QED) is 0.446. The molecule has 1 amide bonds. The number of rotatable bonds is 6. The van der Waals surface area contributed by atoms with Crippen molar-refractivity contribution in [1.82, 2.24) is 14.9 Å². The minimum atomic E-state index is -4.81. The molecule has 164 valence electrons. The number of amides is 1. The first-order valence-corrected chi connectivity index (χ1v) is 8.88. The fraction of sp³-hybridized carbons (Fsp3) is 0.200. The number of imidazole rings is 1. The molecule has 3 aromatic rings. The van der Waals surface area contributed by atoms with E-state index < -0.39 is 28.7 Å². The van der Waals surface area contributed by atoms with Gasteiger partial charge in [-0.3, -0.25) is 4.79 Å². The zero-order valence-corrected chi connectivity index (χ0v) is 16.4. The molecule has 2 aromatic carbocycles. The Kier molecular flexibility index (Phi) is 6.14. The first-order valence-electron chi connectivity index (χ1n) is 8.88. The lowest BCUT2D eigenvalue weighted by atomic mass is 10.1. The van der Waals surface area contributed by atoms with Crippen LogP contribution in [0.15, 0.2) is 48.9 Å². The fourth-order valence-corrected chi connectivity index (χ4v) is 2.91. The number of nitrogens with zero attached hydrogens (tertiary/aromatic N) is 3. The molecule has 0 unspecified atom stereocenters. The lowest BCUT2D eigenvalue weighted by Crippen LogP contribution is -2.23. The molecular formula is C20H17F5N4O2. The summed E-state index contributed by atoms with van der Waals surface area (Å²) in [6.45, 7) is 1.43. The van der Waals surface area contributed by atoms with Gasteiger partial charge in [-0.1, -0.05) is 8.96 Å². The maximum atomic E-state index is 13.0. The molecule has 3 rings (SSSR count). The number of aryl methyl sites for hydroxylation is 1. The molecule has 0 radical (unpaired) electrons. The Balaban J connectivity index is 1.80. The molecule has 0 aliphatic carbocycles. The number of halogens is 5. The Morgan fingerprint density at radius 3 is 2.52 bits per heavy atom. The van der Waals surface area contributed by atoms with E-state index in [9.17, 15) is 26.9 Å². The largest absolute Gasteiger partial charge is 0.495 e. The summed E-state index contributed by atoms with van der Waals surface area (Å²) in [7, 11) is 1.42. The van der Waals surface area contributed by atoms with E-state index in [4.69, 9.17) is 4.74 Å². The lowest BCUT2D eigenvalue weighted by molar-refractivity contribution is -0.137. The van der Waals surface area contributed by atoms with Crippen molar-refractivity contribution in [3.8, 4) is 11.4 Å². The summed E-state index contributed by atoms with van der Waals surface area (Å²) in [5.41, 5.74) is -0.701. The topological polar surface area (TPSA) is 59.4 Å². The second-order valence-electron chi connectivity index (χ2n) is 6.61. The average Bonchev–Trinajstić information content (AvgIpc) is 3.16. The van der Waals surface area contributed by atoms with Crippen LogP contribution in [0.1, 0.15) is 27.2 Å². The predicted molar refractivity (Wildman–Crippen MR) is 102 cm³/mol. The molecule has 0 fully saturated rings. The normalized spacial score (nSPS) is 11.3. The maximum absolute atomic E-state index is 13.0. The van der Waals surface area contributed by atoms with E-state index in [1.165, 1.54) is 19.2 Å². The number of ether oxygens (including phenoxy) is 1. The van der Waals surface area contributed by atoms with Crippen LogP contribution in [0.4, 0.5) is 27.8 Å². The molecular weight excluding hydrogens is 423 g/mol. The predicted octanol–water partition coefficient (Wildman–Crippen LogP) is 4.71. The highest BCUT2D eigenvalue weighted by atomic mass is 19.4. The Bertz CT molecular complexity index is 1100. The Morgan fingerprint density at radius 1 is 1.19 bits per heavy atom. The highest BCUT2D eigenvalue weighted by molar-refractivity contribution is 5.95. The monoisotopic (exact) mass is 440 g/mol. The minimum absolute atomic E-state index is 0.129. The molecule has 0 aliphatic rings. The molecule has 1 heterocycles. The number of methoxy groups -OCH3 is 1. The minimum Gasteiger partial charge on any atom is -0.495 e. The van der Waals surface area contributed by atoms with Gasteiger partial charge in [0.2, 0.25) is 0 Å². The standard InChI is InChI=1S/C20H17F5N4O2/c1-12-10-28(11-27-12)17-4-3-14(7-18(17)31-2)19(30)26-9-13-5-15(20(21,22)23)8-16(6-13)29(24)25/h3-8,10-11H,9H2,1-2H3,(H,26,30). The van der Waals surface area contributed by atoms with Crippen molar-refractivity contribution < 1.29 is 31.7 Å². The molecule has 0 bridgehead atoms. The van der Waals surface area contributed by atoms with E-state index in [1.807, 2.05) is 6.92 Å². The van der Waals surface area contributed by atoms with E-state index in [2.05, 4.69) is 10.3 Å². The van der Waals surface area contributed by atoms with Gasteiger partial charge in [0, 0.05) is 18.3 Å². The van der Waals surface area contributed by atoms with Crippen molar-refractivity contribution in [3.63, 3.8) is 0 Å². The van der Waals surface area contributed by atoms with Crippen LogP contribution < -0.4 is 15.4 Å². The third kappa shape index (κ3) is 5.11. The number of nitrogens with one attached hydrogen (secondary N) is 1. The van der Waals surface area contributed by atoms with Crippen LogP contribution in [0.5, 0.6) is 5.75 Å². The first-order chi connectivity index (χ1) is 14.6. The number of carbonyl (C=O) groups excluding carboxylic acids is 1. The van der Waals surface area contributed by atoms with Crippen LogP contribution in [0.2, 0.25) is 0 Å². The molecule has 0 spiro atoms. The van der Waals surface area contributed by atoms with Gasteiger partial charge < -0.3 is 14.6 Å². The van der Waals surface area contributed by atoms with Gasteiger partial charge in [-0.2, -0.15) is 13.2 Å². The van der Waals surface area contributed by atoms with E-state index in [-0.39, 0.29) is 17.7 Å². The van der Waals surface area contributed by atoms with Crippen molar-refractivity contribution in [1.29, 1.82) is 0 Å². The van der Waals surface area contributed by atoms with Crippen molar-refractivity contribution >= 4 is 11.6 Å². The van der Waals surface area contributed by atoms with Crippen LogP contribution in [0, 0.1) is 6.92 Å². The number of hydrogen-bond donors (Lipinski definition) is 1. The van der Waals surface area contributed by atoms with Gasteiger partial charge in [0.1, 0.15) is 11.4 Å². The summed E-state index contributed by atoms with van der Waals surface area (Å²) in [4.78, 5) is 16.6. The molecule has 1 aromatic heterocycles. The highest BCUT2D eigenvalue weighted by Gasteiger charge is 2.32. The Morgan fingerprint density at radius 2 is 1.94 bits per heavy atom. The van der Waals surface area contributed by atoms with E-state index in [1.54, 1.807) is 23.2 Å². The van der Waals surface area contributed by atoms with Gasteiger partial charge in [0.15, 0.2) is 0 Å². The third-order valence-corrected chi connectivity index (χ3v) is 4.38. The molecule has 11 heteroatoms. The zero-order chi connectivity index (χ0) is 22.8. The second kappa shape index (κ2) is 8.62. The van der Waals surface area contributed by atoms with Crippen LogP contribution in [-0.2, 0) is 12.7 Å². The number of aromatic nitrogens is 2. The summed E-state index contributed by atoms with van der Waals surface area (Å²) < 4.78 is 71.5. The summed E-state index contributed by atoms with van der Waals surface area (Å²) in [5.74, 6) is -0.236. The van der Waals surface area contributed by atoms with Crippen molar-refractivity contribution in [2.24, 2.45) is 0 Å². The average molecular weight is 440 g/mol. The van der Waals surface area contributed by atoms with Gasteiger partial charge >= 0.3 is 6.18 Å². The van der Waals surface area contributed by atoms with Gasteiger partial charge in [-0.25, -0.2) is 4.98 Å². The van der Waals surface area contributed by atoms with E-state index >= 15 is 0 Å². The molecule has 0 saturated heterocycles. The summed E-state index contributed by atoms with van der Waals surface area (Å²) >= 11 is 0. The molecule has 0 aliphatic heterocycles. The molecule has 31 heavy (non-hydrogen) atoms. The number of benzene rings is 2. The molecule has 6 nitrogen and oxygen atoms in total. The maximum Gasteiger partial charge on any atom is 0.416 e. The van der Waals surface area contributed by atoms with E-state index in [0.717, 1.165) is 11.8 Å². The first kappa shape index (κ1) is 22.1. The third-order valence-electron chi connectivity index (χ3n) is 4.38. The number of anilines is 1. The molecule has 0 saturated carbocycles. The van der Waals surface area contributed by atoms with Gasteiger partial charge in [0.05, 0.1) is 30.4 Å². The summed E-state index contributed by atoms with van der Waals surface area (Å²) in [6, 6.07) is 6.49. The van der Waals surface area contributed by atoms with Gasteiger partial charge in [-0.15, -0.1) is 0 Å². The number of alkyl halides is 3. The van der Waals surface area contributed by atoms with Crippen LogP contribution in [0.25, 0.3) is 5.69 Å². The fourth-order valence-electron chi connectivity index (χ4n) is 2.91. The summed E-state index contributed by atoms with van der Waals surface area (Å²) in [5, 5.41) is 1.02. The highest BCUT2D eigenvalue weighted by Crippen LogP contribution is 2.33. The molecule has 0 atom stereocenters. The van der Waals surface area contributed by atoms with Crippen LogP contribution in [-0.4, -0.2) is 22.6 Å². The van der Waals surface area contributed by atoms with Crippen molar-refractivity contribution in [2.45, 2.75) is 19.6 Å². The number of carbonyl (C=O) groups is 1. The number of hydrogen-bond acceptors (Lipinski definition) is 4. The smallest absolute Gasteiger partial charge is 0.416 e. The Labute approximate surface area is 173 Å². The SMILES string of the molecule is COc1cc(C(=O)NCc2cc(N(F)F)cc(C(F)(F)F)c2)ccc1-n1cnc(C)c1. The van der Waals surface area contributed by atoms with E-state index in [0.29, 0.717) is 23.6 Å². The van der Waals surface area contributed by atoms with Crippen LogP contribution >= 0.6 is 0 Å². The van der Waals surface area contributed by atoms with Crippen molar-refractivity contribution in [3.05, 3.63) is 71.3 Å².